The van der Waals surface area contributed by atoms with Crippen LogP contribution in [0.1, 0.15) is 48.9 Å². The second kappa shape index (κ2) is 9.22. The Morgan fingerprint density at radius 1 is 1.23 bits per heavy atom. The van der Waals surface area contributed by atoms with E-state index in [9.17, 15) is 9.90 Å². The van der Waals surface area contributed by atoms with Crippen molar-refractivity contribution in [2.24, 2.45) is 5.92 Å². The van der Waals surface area contributed by atoms with Crippen molar-refractivity contribution in [3.63, 3.8) is 0 Å². The van der Waals surface area contributed by atoms with Gasteiger partial charge in [0.05, 0.1) is 12.5 Å². The first-order valence-electron chi connectivity index (χ1n) is 11.4. The summed E-state index contributed by atoms with van der Waals surface area (Å²) in [6, 6.07) is 12.9. The summed E-state index contributed by atoms with van der Waals surface area (Å²) < 4.78 is 6.17. The summed E-state index contributed by atoms with van der Waals surface area (Å²) in [6.45, 7) is 7.17. The molecule has 31 heavy (non-hydrogen) atoms. The van der Waals surface area contributed by atoms with Crippen LogP contribution >= 0.6 is 11.6 Å². The highest BCUT2D eigenvalue weighted by atomic mass is 35.5. The minimum atomic E-state index is -0.717. The summed E-state index contributed by atoms with van der Waals surface area (Å²) in [5.74, 6) is -0.0139. The fraction of sp³-hybridized carbons (Fsp3) is 0.500. The number of hydrogen-bond acceptors (Lipinski definition) is 3. The molecule has 1 atom stereocenters. The van der Waals surface area contributed by atoms with Crippen molar-refractivity contribution in [2.45, 2.75) is 51.4 Å². The Morgan fingerprint density at radius 3 is 2.71 bits per heavy atom. The predicted octanol–water partition coefficient (Wildman–Crippen LogP) is 5.13. The molecule has 1 saturated heterocycles. The second-order valence-corrected chi connectivity index (χ2v) is 9.58. The first kappa shape index (κ1) is 22.2. The van der Waals surface area contributed by atoms with Crippen LogP contribution in [0.25, 0.3) is 0 Å². The van der Waals surface area contributed by atoms with Crippen molar-refractivity contribution in [1.29, 1.82) is 0 Å². The highest BCUT2D eigenvalue weighted by Crippen LogP contribution is 2.46. The Bertz CT molecular complexity index is 950. The number of carbonyl (C=O) groups is 1. The molecule has 0 aromatic heterocycles. The van der Waals surface area contributed by atoms with Crippen LogP contribution in [0, 0.1) is 5.92 Å². The molecule has 2 heterocycles. The van der Waals surface area contributed by atoms with Gasteiger partial charge in [-0.05, 0) is 74.0 Å². The monoisotopic (exact) mass is 441 g/mol. The fourth-order valence-electron chi connectivity index (χ4n) is 5.10. The summed E-state index contributed by atoms with van der Waals surface area (Å²) in [6.07, 6.45) is 4.91. The summed E-state index contributed by atoms with van der Waals surface area (Å²) in [7, 11) is 0. The van der Waals surface area contributed by atoms with Crippen molar-refractivity contribution < 1.29 is 14.6 Å². The molecule has 2 aromatic carbocycles. The Balaban J connectivity index is 1.42. The molecule has 2 aliphatic rings. The molecule has 1 N–H and O–H groups in total. The summed E-state index contributed by atoms with van der Waals surface area (Å²) >= 11 is 6.46. The first-order chi connectivity index (χ1) is 14.9. The molecule has 0 radical (unpaired) electrons. The number of carboxylic acids is 1. The van der Waals surface area contributed by atoms with Gasteiger partial charge in [0.2, 0.25) is 0 Å². The average molecular weight is 442 g/mol. The third-order valence-electron chi connectivity index (χ3n) is 7.15. The van der Waals surface area contributed by atoms with E-state index in [0.29, 0.717) is 6.54 Å². The Hall–Kier alpha value is -2.04. The van der Waals surface area contributed by atoms with Crippen molar-refractivity contribution in [3.05, 3.63) is 63.7 Å². The van der Waals surface area contributed by atoms with Gasteiger partial charge in [-0.25, -0.2) is 0 Å². The zero-order valence-corrected chi connectivity index (χ0v) is 19.3. The number of piperidine rings is 1. The van der Waals surface area contributed by atoms with Crippen molar-refractivity contribution in [2.75, 3.05) is 26.2 Å². The molecule has 1 unspecified atom stereocenters. The highest BCUT2D eigenvalue weighted by molar-refractivity contribution is 6.31. The van der Waals surface area contributed by atoms with Gasteiger partial charge in [0.15, 0.2) is 0 Å². The van der Waals surface area contributed by atoms with Gasteiger partial charge in [-0.3, -0.25) is 4.79 Å². The van der Waals surface area contributed by atoms with E-state index in [1.165, 1.54) is 22.3 Å². The molecule has 2 aromatic rings. The van der Waals surface area contributed by atoms with E-state index in [-0.39, 0.29) is 11.3 Å². The van der Waals surface area contributed by atoms with Crippen LogP contribution in [0.3, 0.4) is 0 Å². The van der Waals surface area contributed by atoms with Gasteiger partial charge in [-0.1, -0.05) is 49.7 Å². The molecule has 4 rings (SSSR count). The van der Waals surface area contributed by atoms with Crippen LogP contribution in [-0.4, -0.2) is 42.2 Å². The van der Waals surface area contributed by atoms with E-state index in [4.69, 9.17) is 16.3 Å². The largest absolute Gasteiger partial charge is 0.492 e. The molecular weight excluding hydrogens is 410 g/mol. The summed E-state index contributed by atoms with van der Waals surface area (Å²) in [5.41, 5.74) is 5.27. The molecule has 4 nitrogen and oxygen atoms in total. The van der Waals surface area contributed by atoms with Crippen LogP contribution in [0.4, 0.5) is 0 Å². The molecule has 0 aliphatic carbocycles. The van der Waals surface area contributed by atoms with Crippen molar-refractivity contribution >= 4 is 17.6 Å². The standard InChI is InChI=1S/C26H32ClNO3/c1-3-20-5-4-6-23(27)21(20)9-7-19-8-10-22-24(15-19)31-17-26(22)11-13-28(14-12-26)16-18(2)25(29)30/h4-6,8,10,15,18H,3,7,9,11-14,16-17H2,1-2H3,(H,29,30). The lowest BCUT2D eigenvalue weighted by Crippen LogP contribution is -2.45. The van der Waals surface area contributed by atoms with E-state index < -0.39 is 5.97 Å². The maximum absolute atomic E-state index is 11.2. The molecule has 1 fully saturated rings. The topological polar surface area (TPSA) is 49.8 Å². The van der Waals surface area contributed by atoms with Gasteiger partial charge in [-0.15, -0.1) is 0 Å². The van der Waals surface area contributed by atoms with Gasteiger partial charge < -0.3 is 14.7 Å². The smallest absolute Gasteiger partial charge is 0.307 e. The van der Waals surface area contributed by atoms with Crippen LogP contribution in [-0.2, 0) is 29.5 Å². The molecular formula is C26H32ClNO3. The minimum absolute atomic E-state index is 0.0783. The maximum Gasteiger partial charge on any atom is 0.307 e. The van der Waals surface area contributed by atoms with Crippen molar-refractivity contribution in [3.8, 4) is 5.75 Å². The fourth-order valence-corrected chi connectivity index (χ4v) is 5.39. The Morgan fingerprint density at radius 2 is 2.00 bits per heavy atom. The number of nitrogens with zero attached hydrogens (tertiary/aromatic N) is 1. The van der Waals surface area contributed by atoms with Crippen LogP contribution in [0.5, 0.6) is 5.75 Å². The van der Waals surface area contributed by atoms with Crippen LogP contribution < -0.4 is 4.74 Å². The quantitative estimate of drug-likeness (QED) is 0.646. The predicted molar refractivity (Wildman–Crippen MR) is 124 cm³/mol. The maximum atomic E-state index is 11.2. The number of ether oxygens (including phenoxy) is 1. The number of likely N-dealkylation sites (tertiary alicyclic amines) is 1. The van der Waals surface area contributed by atoms with E-state index in [0.717, 1.165) is 62.6 Å². The number of benzene rings is 2. The minimum Gasteiger partial charge on any atom is -0.492 e. The molecule has 1 spiro atoms. The third-order valence-corrected chi connectivity index (χ3v) is 7.50. The third kappa shape index (κ3) is 4.61. The zero-order chi connectivity index (χ0) is 22.0. The van der Waals surface area contributed by atoms with Crippen LogP contribution in [0.15, 0.2) is 36.4 Å². The molecule has 0 saturated carbocycles. The number of aliphatic carboxylic acids is 1. The van der Waals surface area contributed by atoms with E-state index in [2.05, 4.69) is 36.1 Å². The second-order valence-electron chi connectivity index (χ2n) is 9.17. The van der Waals surface area contributed by atoms with E-state index in [1.807, 2.05) is 12.1 Å². The molecule has 5 heteroatoms. The van der Waals surface area contributed by atoms with E-state index >= 15 is 0 Å². The molecule has 0 bridgehead atoms. The number of aryl methyl sites for hydroxylation is 2. The molecule has 166 valence electrons. The van der Waals surface area contributed by atoms with Gasteiger partial charge in [0, 0.05) is 22.5 Å². The lowest BCUT2D eigenvalue weighted by molar-refractivity contribution is -0.141. The number of rotatable bonds is 7. The molecule has 0 amide bonds. The van der Waals surface area contributed by atoms with E-state index in [1.54, 1.807) is 6.92 Å². The lowest BCUT2D eigenvalue weighted by atomic mass is 9.74. The molecule has 2 aliphatic heterocycles. The average Bonchev–Trinajstić information content (AvgIpc) is 3.11. The zero-order valence-electron chi connectivity index (χ0n) is 18.5. The first-order valence-corrected chi connectivity index (χ1v) is 11.8. The van der Waals surface area contributed by atoms with Crippen LogP contribution in [0.2, 0.25) is 5.02 Å². The summed E-state index contributed by atoms with van der Waals surface area (Å²) in [4.78, 5) is 13.4. The van der Waals surface area contributed by atoms with Gasteiger partial charge >= 0.3 is 5.97 Å². The van der Waals surface area contributed by atoms with Gasteiger partial charge in [0.25, 0.3) is 0 Å². The van der Waals surface area contributed by atoms with Gasteiger partial charge in [0.1, 0.15) is 5.75 Å². The number of fused-ring (bicyclic) bond motifs is 2. The lowest BCUT2D eigenvalue weighted by Gasteiger charge is -2.39. The Kier molecular flexibility index (Phi) is 6.59. The normalized spacial score (nSPS) is 18.5. The number of hydrogen-bond donors (Lipinski definition) is 1. The summed E-state index contributed by atoms with van der Waals surface area (Å²) in [5, 5.41) is 10.0. The Labute approximate surface area is 190 Å². The van der Waals surface area contributed by atoms with Gasteiger partial charge in [-0.2, -0.15) is 0 Å². The number of carboxylic acid groups (broad SMARTS) is 1. The highest BCUT2D eigenvalue weighted by Gasteiger charge is 2.43. The SMILES string of the molecule is CCc1cccc(Cl)c1CCc1ccc2c(c1)OCC21CCN(CC(C)C(=O)O)CC1. The van der Waals surface area contributed by atoms with Crippen molar-refractivity contribution in [1.82, 2.24) is 4.90 Å². The number of halogens is 1.